The van der Waals surface area contributed by atoms with Crippen molar-refractivity contribution < 1.29 is 0 Å². The van der Waals surface area contributed by atoms with Crippen LogP contribution in [-0.2, 0) is 0 Å². The van der Waals surface area contributed by atoms with Gasteiger partial charge in [0, 0.05) is 5.92 Å². The normalized spacial score (nSPS) is 55.5. The molecule has 0 amide bonds. The minimum absolute atomic E-state index is 0.316. The molecule has 7 rings (SSSR count). The first-order valence-electron chi connectivity index (χ1n) is 13.7. The van der Waals surface area contributed by atoms with Gasteiger partial charge in [0.2, 0.25) is 0 Å². The number of nitrogens with zero attached hydrogens (tertiary/aromatic N) is 1. The lowest BCUT2D eigenvalue weighted by Gasteiger charge is -2.34. The zero-order chi connectivity index (χ0) is 21.7. The number of rotatable bonds is 7. The molecule has 2 heteroatoms. The van der Waals surface area contributed by atoms with Gasteiger partial charge in [0.1, 0.15) is 0 Å². The van der Waals surface area contributed by atoms with Crippen LogP contribution in [0.3, 0.4) is 0 Å². The van der Waals surface area contributed by atoms with Crippen LogP contribution in [0.1, 0.15) is 58.8 Å². The average molecular weight is 429 g/mol. The summed E-state index contributed by atoms with van der Waals surface area (Å²) in [5.74, 6) is 7.83. The van der Waals surface area contributed by atoms with Crippen molar-refractivity contribution in [1.29, 1.82) is 5.41 Å². The van der Waals surface area contributed by atoms with Crippen molar-refractivity contribution in [3.05, 3.63) is 36.5 Å². The van der Waals surface area contributed by atoms with E-state index >= 15 is 0 Å². The second-order valence-electron chi connectivity index (χ2n) is 12.7. The molecule has 1 N–H and O–H groups in total. The van der Waals surface area contributed by atoms with Crippen molar-refractivity contribution >= 4 is 12.4 Å². The molecule has 13 atom stereocenters. The monoisotopic (exact) mass is 428 g/mol. The summed E-state index contributed by atoms with van der Waals surface area (Å²) in [4.78, 5) is 4.69. The molecule has 6 aliphatic carbocycles. The number of aliphatic imine (C=N–C) groups is 1. The SMILES string of the molecule is CC(/C=C/C1N=CCCC1C)C(C=N)C1C=C[C@H](C2C=CC(C3C4[C@]56CC5[C@]346)CC2)CC1. The molecule has 0 radical (unpaired) electrons. The number of hydrogen-bond donors (Lipinski definition) is 1. The van der Waals surface area contributed by atoms with Gasteiger partial charge in [-0.3, -0.25) is 4.99 Å². The van der Waals surface area contributed by atoms with Crippen LogP contribution >= 0.6 is 0 Å². The Labute approximate surface area is 194 Å². The van der Waals surface area contributed by atoms with Gasteiger partial charge >= 0.3 is 0 Å². The Bertz CT molecular complexity index is 927. The molecule has 7 aliphatic rings. The lowest BCUT2D eigenvalue weighted by molar-refractivity contribution is 0.280. The molecule has 0 saturated heterocycles. The van der Waals surface area contributed by atoms with Crippen LogP contribution in [-0.4, -0.2) is 18.5 Å². The Morgan fingerprint density at radius 3 is 2.31 bits per heavy atom. The van der Waals surface area contributed by atoms with Crippen LogP contribution in [0.15, 0.2) is 41.4 Å². The first-order valence-corrected chi connectivity index (χ1v) is 13.7. The van der Waals surface area contributed by atoms with Gasteiger partial charge in [0.05, 0.1) is 6.04 Å². The topological polar surface area (TPSA) is 36.2 Å². The van der Waals surface area contributed by atoms with Crippen LogP contribution in [0.2, 0.25) is 0 Å². The van der Waals surface area contributed by atoms with Crippen LogP contribution in [0, 0.1) is 75.4 Å². The van der Waals surface area contributed by atoms with E-state index in [-0.39, 0.29) is 0 Å². The van der Waals surface area contributed by atoms with Gasteiger partial charge in [0.25, 0.3) is 0 Å². The maximum absolute atomic E-state index is 8.13. The van der Waals surface area contributed by atoms with Gasteiger partial charge in [-0.05, 0) is 121 Å². The van der Waals surface area contributed by atoms with Crippen LogP contribution in [0.5, 0.6) is 0 Å². The number of hydrogen-bond acceptors (Lipinski definition) is 2. The van der Waals surface area contributed by atoms with E-state index in [0.717, 1.165) is 40.9 Å². The Morgan fingerprint density at radius 1 is 1.00 bits per heavy atom. The van der Waals surface area contributed by atoms with Crippen molar-refractivity contribution in [2.24, 2.45) is 75.0 Å². The molecule has 2 nitrogen and oxygen atoms in total. The molecule has 0 bridgehead atoms. The maximum Gasteiger partial charge on any atom is 0.0701 e. The van der Waals surface area contributed by atoms with Crippen LogP contribution in [0.4, 0.5) is 0 Å². The summed E-state index contributed by atoms with van der Waals surface area (Å²) in [6.45, 7) is 4.61. The number of allylic oxidation sites excluding steroid dienone is 5. The van der Waals surface area contributed by atoms with E-state index in [1.165, 1.54) is 43.9 Å². The predicted molar refractivity (Wildman–Crippen MR) is 132 cm³/mol. The summed E-state index contributed by atoms with van der Waals surface area (Å²) in [5, 5.41) is 8.13. The van der Waals surface area contributed by atoms with Crippen molar-refractivity contribution in [2.45, 2.75) is 64.8 Å². The Kier molecular flexibility index (Phi) is 4.24. The standard InChI is InChI=1S/C30H40N2/c1-18(5-14-25-19(2)4-3-15-32-25)24(17-31)22-10-6-20(7-11-22)21-8-12-23(13-9-21)27-28-29-16-26(29)30(27,28)29/h5-6,8,10,12,14-15,17-28,31H,3-4,7,9,11,13,16H2,1-2H3/b14-5+,31-17?/t18?,19?,20-,21?,22?,23?,24?,25?,26?,27?,28?,29-,30-/m0/s1. The highest BCUT2D eigenvalue weighted by Gasteiger charge is 3.20. The molecule has 170 valence electrons. The molecule has 0 aromatic heterocycles. The van der Waals surface area contributed by atoms with Crippen molar-refractivity contribution in [2.75, 3.05) is 0 Å². The van der Waals surface area contributed by atoms with E-state index in [1.54, 1.807) is 12.6 Å². The van der Waals surface area contributed by atoms with E-state index in [2.05, 4.69) is 56.5 Å². The Hall–Kier alpha value is -1.44. The second-order valence-corrected chi connectivity index (χ2v) is 12.7. The fourth-order valence-corrected chi connectivity index (χ4v) is 9.33. The second kappa shape index (κ2) is 6.80. The molecule has 2 spiro atoms. The summed E-state index contributed by atoms with van der Waals surface area (Å²) in [6.07, 6.45) is 28.1. The van der Waals surface area contributed by atoms with E-state index in [9.17, 15) is 0 Å². The minimum Gasteiger partial charge on any atom is -0.313 e. The molecule has 0 aromatic carbocycles. The van der Waals surface area contributed by atoms with Crippen LogP contribution in [0.25, 0.3) is 0 Å². The smallest absolute Gasteiger partial charge is 0.0701 e. The quantitative estimate of drug-likeness (QED) is 0.344. The van der Waals surface area contributed by atoms with Gasteiger partial charge in [-0.15, -0.1) is 0 Å². The van der Waals surface area contributed by atoms with E-state index in [1.807, 2.05) is 0 Å². The fourth-order valence-electron chi connectivity index (χ4n) is 9.33. The van der Waals surface area contributed by atoms with E-state index in [4.69, 9.17) is 10.4 Å². The lowest BCUT2D eigenvalue weighted by Crippen LogP contribution is -2.27. The van der Waals surface area contributed by atoms with E-state index in [0.29, 0.717) is 29.7 Å². The fraction of sp³-hybridized carbons (Fsp3) is 0.733. The highest BCUT2D eigenvalue weighted by molar-refractivity contribution is 5.67. The minimum atomic E-state index is 0.316. The number of nitrogens with one attached hydrogen (secondary N) is 1. The third-order valence-electron chi connectivity index (χ3n) is 11.5. The molecule has 1 aliphatic heterocycles. The van der Waals surface area contributed by atoms with Crippen molar-refractivity contribution in [3.8, 4) is 0 Å². The Balaban J connectivity index is 0.940. The van der Waals surface area contributed by atoms with Crippen molar-refractivity contribution in [3.63, 3.8) is 0 Å². The molecule has 4 saturated carbocycles. The van der Waals surface area contributed by atoms with Gasteiger partial charge in [-0.1, -0.05) is 50.3 Å². The largest absolute Gasteiger partial charge is 0.313 e. The summed E-state index contributed by atoms with van der Waals surface area (Å²) < 4.78 is 0. The molecule has 1 heterocycles. The molecule has 0 aromatic rings. The average Bonchev–Trinajstić information content (AvgIpc) is 3.73. The molecule has 32 heavy (non-hydrogen) atoms. The molecule has 4 fully saturated rings. The summed E-state index contributed by atoms with van der Waals surface area (Å²) in [7, 11) is 0. The first-order chi connectivity index (χ1) is 15.6. The lowest BCUT2D eigenvalue weighted by atomic mass is 9.70. The summed E-state index contributed by atoms with van der Waals surface area (Å²) >= 11 is 0. The van der Waals surface area contributed by atoms with E-state index < -0.39 is 0 Å². The highest BCUT2D eigenvalue weighted by atomic mass is 15.2. The summed E-state index contributed by atoms with van der Waals surface area (Å²) in [6, 6.07) is 0.336. The van der Waals surface area contributed by atoms with Gasteiger partial charge < -0.3 is 5.41 Å². The zero-order valence-electron chi connectivity index (χ0n) is 19.9. The first kappa shape index (κ1) is 20.0. The third kappa shape index (κ3) is 2.53. The van der Waals surface area contributed by atoms with Crippen molar-refractivity contribution in [1.82, 2.24) is 0 Å². The third-order valence-corrected chi connectivity index (χ3v) is 11.5. The maximum atomic E-state index is 8.13. The zero-order valence-corrected chi connectivity index (χ0v) is 19.9. The van der Waals surface area contributed by atoms with Gasteiger partial charge in [-0.2, -0.15) is 0 Å². The molecular formula is C30H40N2. The predicted octanol–water partition coefficient (Wildman–Crippen LogP) is 6.74. The van der Waals surface area contributed by atoms with Gasteiger partial charge in [-0.25, -0.2) is 0 Å². The molecular weight excluding hydrogens is 388 g/mol. The molecule has 10 unspecified atom stereocenters. The highest BCUT2D eigenvalue weighted by Crippen LogP contribution is 3.23. The Morgan fingerprint density at radius 2 is 1.75 bits per heavy atom. The van der Waals surface area contributed by atoms with Gasteiger partial charge in [0.15, 0.2) is 0 Å². The van der Waals surface area contributed by atoms with Crippen LogP contribution < -0.4 is 0 Å². The summed E-state index contributed by atoms with van der Waals surface area (Å²) in [5.41, 5.74) is 1.95.